The van der Waals surface area contributed by atoms with Gasteiger partial charge >= 0.3 is 0 Å². The second-order valence-corrected chi connectivity index (χ2v) is 6.40. The Morgan fingerprint density at radius 2 is 1.69 bits per heavy atom. The minimum atomic E-state index is -1.00. The van der Waals surface area contributed by atoms with E-state index in [9.17, 15) is 4.79 Å². The highest BCUT2D eigenvalue weighted by atomic mass is 16.5. The molecule has 0 spiro atoms. The number of ether oxygens (including phenoxy) is 1. The number of rotatable bonds is 8. The monoisotopic (exact) mass is 354 g/mol. The standard InChI is InChI=1S/C21H26N2O3/c1-4-23(15-16-24)20(25)21(2,3)26-19-9-7-17(8-10-19)5-6-18-11-13-22-14-12-18/h5-14,24H,4,15-16H2,1-3H3/b6-5+. The van der Waals surface area contributed by atoms with Crippen molar-refractivity contribution in [3.63, 3.8) is 0 Å². The largest absolute Gasteiger partial charge is 0.478 e. The van der Waals surface area contributed by atoms with E-state index in [0.29, 0.717) is 18.8 Å². The fourth-order valence-corrected chi connectivity index (χ4v) is 2.56. The third-order valence-corrected chi connectivity index (χ3v) is 3.98. The second-order valence-electron chi connectivity index (χ2n) is 6.40. The quantitative estimate of drug-likeness (QED) is 0.790. The van der Waals surface area contributed by atoms with Gasteiger partial charge in [0.05, 0.1) is 6.61 Å². The number of benzene rings is 1. The molecule has 0 atom stereocenters. The van der Waals surface area contributed by atoms with Crippen molar-refractivity contribution >= 4 is 18.1 Å². The number of aromatic nitrogens is 1. The molecule has 2 aromatic rings. The Morgan fingerprint density at radius 3 is 2.23 bits per heavy atom. The molecule has 1 heterocycles. The van der Waals surface area contributed by atoms with E-state index in [1.807, 2.05) is 55.5 Å². The van der Waals surface area contributed by atoms with Crippen LogP contribution in [-0.2, 0) is 4.79 Å². The summed E-state index contributed by atoms with van der Waals surface area (Å²) in [6.07, 6.45) is 7.53. The lowest BCUT2D eigenvalue weighted by Gasteiger charge is -2.31. The molecule has 1 amide bonds. The van der Waals surface area contributed by atoms with Crippen LogP contribution < -0.4 is 4.74 Å². The van der Waals surface area contributed by atoms with Crippen LogP contribution in [0.3, 0.4) is 0 Å². The Kier molecular flexibility index (Phi) is 6.92. The molecular weight excluding hydrogens is 328 g/mol. The lowest BCUT2D eigenvalue weighted by atomic mass is 10.1. The predicted molar refractivity (Wildman–Crippen MR) is 104 cm³/mol. The summed E-state index contributed by atoms with van der Waals surface area (Å²) in [5.74, 6) is 0.486. The van der Waals surface area contributed by atoms with E-state index in [4.69, 9.17) is 9.84 Å². The molecule has 0 aliphatic rings. The number of hydrogen-bond donors (Lipinski definition) is 1. The van der Waals surface area contributed by atoms with E-state index in [1.165, 1.54) is 0 Å². The third kappa shape index (κ3) is 5.43. The molecule has 0 fully saturated rings. The summed E-state index contributed by atoms with van der Waals surface area (Å²) in [4.78, 5) is 18.2. The van der Waals surface area contributed by atoms with Crippen molar-refractivity contribution in [1.82, 2.24) is 9.88 Å². The van der Waals surface area contributed by atoms with Gasteiger partial charge in [0.1, 0.15) is 5.75 Å². The fraction of sp³-hybridized carbons (Fsp3) is 0.333. The Labute approximate surface area is 154 Å². The van der Waals surface area contributed by atoms with Crippen LogP contribution in [0.15, 0.2) is 48.8 Å². The summed E-state index contributed by atoms with van der Waals surface area (Å²) in [7, 11) is 0. The van der Waals surface area contributed by atoms with Crippen molar-refractivity contribution in [3.05, 3.63) is 59.9 Å². The van der Waals surface area contributed by atoms with E-state index in [-0.39, 0.29) is 12.5 Å². The first kappa shape index (κ1) is 19.7. The zero-order chi connectivity index (χ0) is 19.0. The first-order valence-corrected chi connectivity index (χ1v) is 8.73. The van der Waals surface area contributed by atoms with E-state index in [2.05, 4.69) is 4.98 Å². The van der Waals surface area contributed by atoms with Crippen molar-refractivity contribution in [2.45, 2.75) is 26.4 Å². The summed E-state index contributed by atoms with van der Waals surface area (Å²) < 4.78 is 5.91. The molecular formula is C21H26N2O3. The zero-order valence-electron chi connectivity index (χ0n) is 15.6. The minimum Gasteiger partial charge on any atom is -0.478 e. The van der Waals surface area contributed by atoms with E-state index < -0.39 is 5.60 Å². The molecule has 0 unspecified atom stereocenters. The maximum absolute atomic E-state index is 12.6. The molecule has 0 aliphatic carbocycles. The first-order valence-electron chi connectivity index (χ1n) is 8.73. The van der Waals surface area contributed by atoms with Gasteiger partial charge in [-0.05, 0) is 56.2 Å². The van der Waals surface area contributed by atoms with Crippen molar-refractivity contribution in [1.29, 1.82) is 0 Å². The van der Waals surface area contributed by atoms with Gasteiger partial charge in [0, 0.05) is 25.5 Å². The third-order valence-electron chi connectivity index (χ3n) is 3.98. The molecule has 2 rings (SSSR count). The minimum absolute atomic E-state index is 0.0613. The number of carbonyl (C=O) groups is 1. The number of amides is 1. The summed E-state index contributed by atoms with van der Waals surface area (Å²) in [6, 6.07) is 11.5. The number of carbonyl (C=O) groups excluding carboxylic acids is 1. The van der Waals surface area contributed by atoms with Crippen molar-refractivity contribution in [2.75, 3.05) is 19.7 Å². The summed E-state index contributed by atoms with van der Waals surface area (Å²) in [5, 5.41) is 9.09. The maximum Gasteiger partial charge on any atom is 0.266 e. The van der Waals surface area contributed by atoms with Gasteiger partial charge in [-0.25, -0.2) is 0 Å². The number of aliphatic hydroxyl groups excluding tert-OH is 1. The van der Waals surface area contributed by atoms with Crippen LogP contribution in [0.2, 0.25) is 0 Å². The average molecular weight is 354 g/mol. The van der Waals surface area contributed by atoms with Gasteiger partial charge < -0.3 is 14.7 Å². The maximum atomic E-state index is 12.6. The molecule has 0 radical (unpaired) electrons. The Bertz CT molecular complexity index is 725. The fourth-order valence-electron chi connectivity index (χ4n) is 2.56. The van der Waals surface area contributed by atoms with Crippen LogP contribution in [0.4, 0.5) is 0 Å². The molecule has 1 aromatic heterocycles. The molecule has 5 nitrogen and oxygen atoms in total. The van der Waals surface area contributed by atoms with Gasteiger partial charge in [-0.1, -0.05) is 24.3 Å². The van der Waals surface area contributed by atoms with Crippen LogP contribution in [0.25, 0.3) is 12.2 Å². The van der Waals surface area contributed by atoms with E-state index in [0.717, 1.165) is 11.1 Å². The first-order chi connectivity index (χ1) is 12.5. The van der Waals surface area contributed by atoms with Gasteiger partial charge in [0.15, 0.2) is 5.60 Å². The highest BCUT2D eigenvalue weighted by Crippen LogP contribution is 2.21. The summed E-state index contributed by atoms with van der Waals surface area (Å²) in [6.45, 7) is 6.15. The van der Waals surface area contributed by atoms with Crippen molar-refractivity contribution in [2.24, 2.45) is 0 Å². The van der Waals surface area contributed by atoms with Crippen LogP contribution in [0, 0.1) is 0 Å². The molecule has 0 bridgehead atoms. The van der Waals surface area contributed by atoms with Gasteiger partial charge in [0.25, 0.3) is 5.91 Å². The normalized spacial score (nSPS) is 11.5. The number of aliphatic hydroxyl groups is 1. The lowest BCUT2D eigenvalue weighted by molar-refractivity contribution is -0.145. The Hall–Kier alpha value is -2.66. The zero-order valence-corrected chi connectivity index (χ0v) is 15.6. The highest BCUT2D eigenvalue weighted by Gasteiger charge is 2.33. The summed E-state index contributed by atoms with van der Waals surface area (Å²) >= 11 is 0. The Balaban J connectivity index is 2.03. The molecule has 26 heavy (non-hydrogen) atoms. The highest BCUT2D eigenvalue weighted by molar-refractivity contribution is 5.84. The Morgan fingerprint density at radius 1 is 1.12 bits per heavy atom. The molecule has 1 aromatic carbocycles. The SMILES string of the molecule is CCN(CCO)C(=O)C(C)(C)Oc1ccc(/C=C/c2ccncc2)cc1. The van der Waals surface area contributed by atoms with Gasteiger partial charge in [-0.15, -0.1) is 0 Å². The number of pyridine rings is 1. The molecule has 1 N–H and O–H groups in total. The molecule has 0 saturated carbocycles. The van der Waals surface area contributed by atoms with Crippen LogP contribution in [0.5, 0.6) is 5.75 Å². The van der Waals surface area contributed by atoms with Crippen LogP contribution in [-0.4, -0.2) is 46.2 Å². The molecule has 5 heteroatoms. The lowest BCUT2D eigenvalue weighted by Crippen LogP contribution is -2.49. The summed E-state index contributed by atoms with van der Waals surface area (Å²) in [5.41, 5.74) is 1.11. The van der Waals surface area contributed by atoms with Crippen molar-refractivity contribution in [3.8, 4) is 5.75 Å². The second kappa shape index (κ2) is 9.15. The number of hydrogen-bond acceptors (Lipinski definition) is 4. The van der Waals surface area contributed by atoms with E-state index >= 15 is 0 Å². The predicted octanol–water partition coefficient (Wildman–Crippen LogP) is 3.25. The molecule has 0 saturated heterocycles. The number of likely N-dealkylation sites (N-methyl/N-ethyl adjacent to an activating group) is 1. The number of nitrogens with zero attached hydrogens (tertiary/aromatic N) is 2. The van der Waals surface area contributed by atoms with Crippen LogP contribution in [0.1, 0.15) is 31.9 Å². The van der Waals surface area contributed by atoms with Gasteiger partial charge in [0.2, 0.25) is 0 Å². The van der Waals surface area contributed by atoms with Gasteiger partial charge in [-0.3, -0.25) is 9.78 Å². The van der Waals surface area contributed by atoms with Gasteiger partial charge in [-0.2, -0.15) is 0 Å². The van der Waals surface area contributed by atoms with E-state index in [1.54, 1.807) is 31.1 Å². The van der Waals surface area contributed by atoms with Crippen LogP contribution >= 0.6 is 0 Å². The molecule has 0 aliphatic heterocycles. The average Bonchev–Trinajstić information content (AvgIpc) is 2.65. The van der Waals surface area contributed by atoms with Crippen molar-refractivity contribution < 1.29 is 14.6 Å². The molecule has 138 valence electrons. The topological polar surface area (TPSA) is 62.7 Å². The smallest absolute Gasteiger partial charge is 0.266 e.